The van der Waals surface area contributed by atoms with E-state index >= 15 is 0 Å². The molecule has 0 aromatic heterocycles. The van der Waals surface area contributed by atoms with E-state index in [2.05, 4.69) is 5.32 Å². The molecule has 0 saturated carbocycles. The van der Waals surface area contributed by atoms with Crippen molar-refractivity contribution in [3.05, 3.63) is 108 Å². The van der Waals surface area contributed by atoms with E-state index in [1.165, 1.54) is 0 Å². The normalized spacial score (nSPS) is 11.5. The fourth-order valence-corrected chi connectivity index (χ4v) is 3.60. The summed E-state index contributed by atoms with van der Waals surface area (Å²) in [5.74, 6) is -0.258. The van der Waals surface area contributed by atoms with Crippen molar-refractivity contribution in [2.75, 3.05) is 20.3 Å². The van der Waals surface area contributed by atoms with Gasteiger partial charge < -0.3 is 15.0 Å². The van der Waals surface area contributed by atoms with Crippen molar-refractivity contribution in [2.45, 2.75) is 25.4 Å². The molecule has 0 aliphatic heterocycles. The van der Waals surface area contributed by atoms with E-state index in [-0.39, 0.29) is 18.2 Å². The Labute approximate surface area is 190 Å². The molecule has 0 aliphatic carbocycles. The molecule has 1 atom stereocenters. The van der Waals surface area contributed by atoms with Crippen LogP contribution in [0.25, 0.3) is 0 Å². The van der Waals surface area contributed by atoms with Crippen molar-refractivity contribution in [3.8, 4) is 0 Å². The summed E-state index contributed by atoms with van der Waals surface area (Å²) >= 11 is 0. The molecule has 0 bridgehead atoms. The predicted octanol–water partition coefficient (Wildman–Crippen LogP) is 3.63. The third-order valence-corrected chi connectivity index (χ3v) is 5.27. The van der Waals surface area contributed by atoms with Crippen LogP contribution in [0.4, 0.5) is 0 Å². The molecule has 3 rings (SSSR count). The second kappa shape index (κ2) is 12.4. The second-order valence-electron chi connectivity index (χ2n) is 7.66. The van der Waals surface area contributed by atoms with Crippen molar-refractivity contribution in [1.82, 2.24) is 10.2 Å². The monoisotopic (exact) mass is 430 g/mol. The first-order valence-electron chi connectivity index (χ1n) is 10.8. The van der Waals surface area contributed by atoms with Crippen LogP contribution in [0, 0.1) is 0 Å². The minimum absolute atomic E-state index is 0.0807. The molecule has 0 saturated heterocycles. The third kappa shape index (κ3) is 7.06. The molecular weight excluding hydrogens is 400 g/mol. The Morgan fingerprint density at radius 1 is 0.812 bits per heavy atom. The maximum absolute atomic E-state index is 13.5. The summed E-state index contributed by atoms with van der Waals surface area (Å²) in [6, 6.07) is 28.6. The van der Waals surface area contributed by atoms with Crippen molar-refractivity contribution < 1.29 is 14.3 Å². The van der Waals surface area contributed by atoms with E-state index in [1.54, 1.807) is 12.0 Å². The lowest BCUT2D eigenvalue weighted by Crippen LogP contribution is -2.51. The smallest absolute Gasteiger partial charge is 0.243 e. The Balaban J connectivity index is 1.90. The zero-order valence-corrected chi connectivity index (χ0v) is 18.4. The number of nitrogens with zero attached hydrogens (tertiary/aromatic N) is 1. The summed E-state index contributed by atoms with van der Waals surface area (Å²) in [5, 5.41) is 2.93. The predicted molar refractivity (Wildman–Crippen MR) is 126 cm³/mol. The number of ether oxygens (including phenoxy) is 1. The zero-order valence-electron chi connectivity index (χ0n) is 18.4. The van der Waals surface area contributed by atoms with Crippen LogP contribution in [-0.2, 0) is 33.7 Å². The molecule has 2 amide bonds. The second-order valence-corrected chi connectivity index (χ2v) is 7.66. The fraction of sp³-hybridized carbons (Fsp3) is 0.259. The van der Waals surface area contributed by atoms with Gasteiger partial charge in [0, 0.05) is 26.6 Å². The first-order chi connectivity index (χ1) is 15.7. The van der Waals surface area contributed by atoms with Gasteiger partial charge in [0.05, 0.1) is 13.0 Å². The Hall–Kier alpha value is -3.44. The molecule has 0 unspecified atom stereocenters. The van der Waals surface area contributed by atoms with Crippen molar-refractivity contribution >= 4 is 11.8 Å². The standard InChI is InChI=1S/C27H30N2O3/c1-32-18-17-28-27(31)25(19-22-11-5-2-6-12-22)29(21-24-15-9-4-10-16-24)26(30)20-23-13-7-3-8-14-23/h2-16,25H,17-21H2,1H3,(H,28,31)/t25-/m0/s1. The number of rotatable bonds is 11. The molecule has 5 nitrogen and oxygen atoms in total. The van der Waals surface area contributed by atoms with Gasteiger partial charge in [0.2, 0.25) is 11.8 Å². The van der Waals surface area contributed by atoms with Gasteiger partial charge in [-0.3, -0.25) is 9.59 Å². The van der Waals surface area contributed by atoms with Crippen LogP contribution in [0.1, 0.15) is 16.7 Å². The number of hydrogen-bond acceptors (Lipinski definition) is 3. The average Bonchev–Trinajstić information content (AvgIpc) is 2.83. The highest BCUT2D eigenvalue weighted by Gasteiger charge is 2.30. The van der Waals surface area contributed by atoms with Gasteiger partial charge in [-0.25, -0.2) is 0 Å². The van der Waals surface area contributed by atoms with Crippen LogP contribution in [0.5, 0.6) is 0 Å². The Bertz CT molecular complexity index is 962. The summed E-state index contributed by atoms with van der Waals surface area (Å²) in [7, 11) is 1.60. The number of benzene rings is 3. The van der Waals surface area contributed by atoms with Gasteiger partial charge in [0.25, 0.3) is 0 Å². The highest BCUT2D eigenvalue weighted by Crippen LogP contribution is 2.16. The van der Waals surface area contributed by atoms with Gasteiger partial charge in [0.15, 0.2) is 0 Å². The zero-order chi connectivity index (χ0) is 22.6. The quantitative estimate of drug-likeness (QED) is 0.473. The summed E-state index contributed by atoms with van der Waals surface area (Å²) in [6.45, 7) is 1.18. The van der Waals surface area contributed by atoms with Gasteiger partial charge in [-0.05, 0) is 16.7 Å². The maximum atomic E-state index is 13.5. The number of carbonyl (C=O) groups is 2. The SMILES string of the molecule is COCCNC(=O)[C@H](Cc1ccccc1)N(Cc1ccccc1)C(=O)Cc1ccccc1. The lowest BCUT2D eigenvalue weighted by molar-refractivity contribution is -0.140. The Morgan fingerprint density at radius 3 is 1.91 bits per heavy atom. The molecule has 0 aliphatic rings. The Kier molecular flexibility index (Phi) is 9.02. The molecule has 32 heavy (non-hydrogen) atoms. The van der Waals surface area contributed by atoms with Gasteiger partial charge in [0.1, 0.15) is 6.04 Å². The van der Waals surface area contributed by atoms with Gasteiger partial charge >= 0.3 is 0 Å². The van der Waals surface area contributed by atoms with E-state index in [1.807, 2.05) is 91.0 Å². The van der Waals surface area contributed by atoms with Gasteiger partial charge in [-0.2, -0.15) is 0 Å². The highest BCUT2D eigenvalue weighted by molar-refractivity contribution is 5.88. The van der Waals surface area contributed by atoms with Crippen LogP contribution >= 0.6 is 0 Å². The Morgan fingerprint density at radius 2 is 1.34 bits per heavy atom. The molecule has 1 N–H and O–H groups in total. The minimum atomic E-state index is -0.634. The molecule has 3 aromatic carbocycles. The topological polar surface area (TPSA) is 58.6 Å². The molecular formula is C27H30N2O3. The van der Waals surface area contributed by atoms with Crippen molar-refractivity contribution in [2.24, 2.45) is 0 Å². The van der Waals surface area contributed by atoms with Crippen LogP contribution in [0.15, 0.2) is 91.0 Å². The number of hydrogen-bond donors (Lipinski definition) is 1. The first-order valence-corrected chi connectivity index (χ1v) is 10.8. The van der Waals surface area contributed by atoms with Crippen LogP contribution in [0.3, 0.4) is 0 Å². The van der Waals surface area contributed by atoms with Crippen LogP contribution < -0.4 is 5.32 Å². The molecule has 5 heteroatoms. The van der Waals surface area contributed by atoms with Crippen molar-refractivity contribution in [1.29, 1.82) is 0 Å². The van der Waals surface area contributed by atoms with E-state index in [0.717, 1.165) is 16.7 Å². The number of amides is 2. The average molecular weight is 431 g/mol. The summed E-state index contributed by atoms with van der Waals surface area (Å²) < 4.78 is 5.08. The summed E-state index contributed by atoms with van der Waals surface area (Å²) in [5.41, 5.74) is 2.91. The van der Waals surface area contributed by atoms with Crippen molar-refractivity contribution in [3.63, 3.8) is 0 Å². The van der Waals surface area contributed by atoms with Gasteiger partial charge in [-0.1, -0.05) is 91.0 Å². The lowest BCUT2D eigenvalue weighted by atomic mass is 10.0. The molecule has 0 heterocycles. The minimum Gasteiger partial charge on any atom is -0.383 e. The molecule has 0 fully saturated rings. The largest absolute Gasteiger partial charge is 0.383 e. The fourth-order valence-electron chi connectivity index (χ4n) is 3.60. The van der Waals surface area contributed by atoms with Gasteiger partial charge in [-0.15, -0.1) is 0 Å². The maximum Gasteiger partial charge on any atom is 0.243 e. The highest BCUT2D eigenvalue weighted by atomic mass is 16.5. The number of nitrogens with one attached hydrogen (secondary N) is 1. The lowest BCUT2D eigenvalue weighted by Gasteiger charge is -2.31. The van der Waals surface area contributed by atoms with E-state index < -0.39 is 6.04 Å². The molecule has 0 radical (unpaired) electrons. The number of carbonyl (C=O) groups excluding carboxylic acids is 2. The molecule has 0 spiro atoms. The third-order valence-electron chi connectivity index (χ3n) is 5.27. The van der Waals surface area contributed by atoms with E-state index in [9.17, 15) is 9.59 Å². The molecule has 166 valence electrons. The van der Waals surface area contributed by atoms with Crippen LogP contribution in [-0.4, -0.2) is 43.0 Å². The van der Waals surface area contributed by atoms with Crippen LogP contribution in [0.2, 0.25) is 0 Å². The summed E-state index contributed by atoms with van der Waals surface area (Å²) in [4.78, 5) is 28.5. The summed E-state index contributed by atoms with van der Waals surface area (Å²) in [6.07, 6.45) is 0.678. The first kappa shape index (κ1) is 23.2. The van der Waals surface area contributed by atoms with E-state index in [4.69, 9.17) is 4.74 Å². The van der Waals surface area contributed by atoms with E-state index in [0.29, 0.717) is 26.1 Å². The molecule has 3 aromatic rings. The number of methoxy groups -OCH3 is 1.